The summed E-state index contributed by atoms with van der Waals surface area (Å²) in [6.07, 6.45) is 16.2. The van der Waals surface area contributed by atoms with Crippen LogP contribution in [0.1, 0.15) is 84.0 Å². The van der Waals surface area contributed by atoms with Gasteiger partial charge in [-0.15, -0.1) is 0 Å². The van der Waals surface area contributed by atoms with Crippen LogP contribution in [0.15, 0.2) is 0 Å². The first-order valence-corrected chi connectivity index (χ1v) is 14.8. The predicted octanol–water partition coefficient (Wildman–Crippen LogP) is 5.52. The zero-order valence-electron chi connectivity index (χ0n) is 22.1. The van der Waals surface area contributed by atoms with E-state index in [4.69, 9.17) is 10.00 Å². The van der Waals surface area contributed by atoms with Gasteiger partial charge in [0, 0.05) is 19.6 Å². The molecular weight excluding hydrogens is 452 g/mol. The van der Waals surface area contributed by atoms with Crippen molar-refractivity contribution in [3.63, 3.8) is 0 Å². The number of ether oxygens (including phenoxy) is 1. The molecule has 36 heavy (non-hydrogen) atoms. The minimum atomic E-state index is -0.214. The Kier molecular flexibility index (Phi) is 8.28. The van der Waals surface area contributed by atoms with E-state index in [0.29, 0.717) is 61.7 Å². The number of hydrogen-bond donors (Lipinski definition) is 2. The topological polar surface area (TPSA) is 94.5 Å². The first-order valence-electron chi connectivity index (χ1n) is 14.8. The Morgan fingerprint density at radius 3 is 2.03 bits per heavy atom. The van der Waals surface area contributed by atoms with E-state index in [1.54, 1.807) is 6.26 Å². The summed E-state index contributed by atoms with van der Waals surface area (Å²) in [7, 11) is 0. The highest BCUT2D eigenvalue weighted by Gasteiger charge is 2.43. The maximum atomic E-state index is 13.4. The fraction of sp³-hybridized carbons (Fsp3) is 0.897. The standard InChI is InChI=1S/C29H46N4O3/c1-19-9-22(3-2-8-36-18-30)25(10-19)15-31-28(34)33(17-27-14-21-5-7-24(27)12-21)29(35)32-16-26-13-20-4-6-23(26)11-20/h19-27H,2-17H2,1H3,(H,31,34)(H,32,35). The highest BCUT2D eigenvalue weighted by Crippen LogP contribution is 2.49. The van der Waals surface area contributed by atoms with Gasteiger partial charge in [-0.05, 0) is 117 Å². The summed E-state index contributed by atoms with van der Waals surface area (Å²) in [4.78, 5) is 28.3. The number of amides is 4. The second-order valence-corrected chi connectivity index (χ2v) is 13.0. The zero-order chi connectivity index (χ0) is 25.1. The largest absolute Gasteiger partial charge is 0.428 e. The van der Waals surface area contributed by atoms with Gasteiger partial charge in [-0.3, -0.25) is 0 Å². The fourth-order valence-electron chi connectivity index (χ4n) is 8.93. The lowest BCUT2D eigenvalue weighted by Crippen LogP contribution is -2.52. The van der Waals surface area contributed by atoms with Gasteiger partial charge in [-0.2, -0.15) is 5.26 Å². The molecule has 5 saturated carbocycles. The van der Waals surface area contributed by atoms with Gasteiger partial charge in [0.2, 0.25) is 0 Å². The molecule has 0 heterocycles. The minimum absolute atomic E-state index is 0.192. The molecule has 5 fully saturated rings. The second kappa shape index (κ2) is 11.6. The van der Waals surface area contributed by atoms with E-state index in [1.807, 2.05) is 0 Å². The number of nitrogens with one attached hydrogen (secondary N) is 2. The Balaban J connectivity index is 1.15. The van der Waals surface area contributed by atoms with Crippen LogP contribution in [0, 0.1) is 64.8 Å². The minimum Gasteiger partial charge on any atom is -0.428 e. The third-order valence-electron chi connectivity index (χ3n) is 10.7. The van der Waals surface area contributed by atoms with Gasteiger partial charge < -0.3 is 15.4 Å². The maximum absolute atomic E-state index is 13.4. The first-order chi connectivity index (χ1) is 17.5. The van der Waals surface area contributed by atoms with E-state index >= 15 is 0 Å². The number of nitrogens with zero attached hydrogens (tertiary/aromatic N) is 2. The highest BCUT2D eigenvalue weighted by atomic mass is 16.5. The van der Waals surface area contributed by atoms with Crippen molar-refractivity contribution in [2.75, 3.05) is 26.2 Å². The molecule has 7 nitrogen and oxygen atoms in total. The number of fused-ring (bicyclic) bond motifs is 4. The monoisotopic (exact) mass is 498 g/mol. The molecule has 5 rings (SSSR count). The van der Waals surface area contributed by atoms with Gasteiger partial charge in [0.1, 0.15) is 6.61 Å². The molecule has 5 aliphatic rings. The molecule has 9 atom stereocenters. The molecule has 5 aliphatic carbocycles. The van der Waals surface area contributed by atoms with Crippen molar-refractivity contribution < 1.29 is 14.3 Å². The SMILES string of the molecule is CC1CC(CCCOC#N)C(CNC(=O)N(CC2CC3CCC2C3)C(=O)NCC2CC3CCC2C3)C1. The first kappa shape index (κ1) is 25.7. The molecule has 200 valence electrons. The van der Waals surface area contributed by atoms with Crippen LogP contribution in [-0.4, -0.2) is 43.2 Å². The third kappa shape index (κ3) is 5.94. The van der Waals surface area contributed by atoms with Crippen LogP contribution >= 0.6 is 0 Å². The summed E-state index contributed by atoms with van der Waals surface area (Å²) in [5, 5.41) is 15.0. The van der Waals surface area contributed by atoms with Gasteiger partial charge in [-0.1, -0.05) is 19.8 Å². The van der Waals surface area contributed by atoms with Gasteiger partial charge in [0.05, 0.1) is 0 Å². The molecule has 0 aliphatic heterocycles. The third-order valence-corrected chi connectivity index (χ3v) is 10.7. The van der Waals surface area contributed by atoms with Crippen molar-refractivity contribution in [1.82, 2.24) is 15.5 Å². The summed E-state index contributed by atoms with van der Waals surface area (Å²) in [5.74, 6) is 5.76. The Hall–Kier alpha value is -1.97. The number of hydrogen-bond acceptors (Lipinski definition) is 4. The number of urea groups is 2. The Morgan fingerprint density at radius 1 is 0.833 bits per heavy atom. The number of carbonyl (C=O) groups excluding carboxylic acids is 2. The highest BCUT2D eigenvalue weighted by molar-refractivity contribution is 5.93. The molecule has 0 radical (unpaired) electrons. The molecule has 7 heteroatoms. The molecule has 0 aromatic heterocycles. The quantitative estimate of drug-likeness (QED) is 0.306. The lowest BCUT2D eigenvalue weighted by atomic mass is 9.88. The summed E-state index contributed by atoms with van der Waals surface area (Å²) in [6, 6.07) is -0.405. The summed E-state index contributed by atoms with van der Waals surface area (Å²) >= 11 is 0. The molecule has 0 saturated heterocycles. The normalized spacial score (nSPS) is 38.2. The van der Waals surface area contributed by atoms with Crippen LogP contribution in [-0.2, 0) is 4.74 Å². The van der Waals surface area contributed by atoms with E-state index < -0.39 is 0 Å². The van der Waals surface area contributed by atoms with Crippen molar-refractivity contribution in [3.8, 4) is 6.26 Å². The van der Waals surface area contributed by atoms with Gasteiger partial charge >= 0.3 is 12.1 Å². The van der Waals surface area contributed by atoms with Crippen LogP contribution in [0.2, 0.25) is 0 Å². The lowest BCUT2D eigenvalue weighted by molar-refractivity contribution is 0.164. The second-order valence-electron chi connectivity index (χ2n) is 13.0. The van der Waals surface area contributed by atoms with Gasteiger partial charge in [0.15, 0.2) is 0 Å². The Labute approximate surface area is 217 Å². The lowest BCUT2D eigenvalue weighted by Gasteiger charge is -2.30. The summed E-state index contributed by atoms with van der Waals surface area (Å²) in [5.41, 5.74) is 0. The molecule has 9 unspecified atom stereocenters. The number of nitriles is 1. The Morgan fingerprint density at radius 2 is 1.44 bits per heavy atom. The summed E-state index contributed by atoms with van der Waals surface area (Å²) in [6.45, 7) is 4.66. The van der Waals surface area contributed by atoms with Gasteiger partial charge in [0.25, 0.3) is 6.26 Å². The molecule has 0 spiro atoms. The fourth-order valence-corrected chi connectivity index (χ4v) is 8.93. The van der Waals surface area contributed by atoms with E-state index in [2.05, 4.69) is 17.6 Å². The van der Waals surface area contributed by atoms with E-state index in [1.165, 1.54) is 56.3 Å². The molecule has 2 N–H and O–H groups in total. The van der Waals surface area contributed by atoms with Crippen molar-refractivity contribution in [2.24, 2.45) is 53.3 Å². The van der Waals surface area contributed by atoms with Crippen LogP contribution in [0.5, 0.6) is 0 Å². The average Bonchev–Trinajstić information content (AvgIpc) is 3.70. The molecule has 4 bridgehead atoms. The van der Waals surface area contributed by atoms with E-state index in [0.717, 1.165) is 43.4 Å². The van der Waals surface area contributed by atoms with Crippen molar-refractivity contribution >= 4 is 12.1 Å². The van der Waals surface area contributed by atoms with Crippen LogP contribution in [0.25, 0.3) is 0 Å². The Bertz CT molecular complexity index is 828. The van der Waals surface area contributed by atoms with E-state index in [9.17, 15) is 9.59 Å². The van der Waals surface area contributed by atoms with Crippen molar-refractivity contribution in [1.29, 1.82) is 5.26 Å². The van der Waals surface area contributed by atoms with Crippen LogP contribution < -0.4 is 10.6 Å². The average molecular weight is 499 g/mol. The molecule has 0 aromatic carbocycles. The zero-order valence-corrected chi connectivity index (χ0v) is 22.1. The summed E-state index contributed by atoms with van der Waals surface area (Å²) < 4.78 is 4.86. The smallest absolute Gasteiger partial charge is 0.325 e. The van der Waals surface area contributed by atoms with Crippen molar-refractivity contribution in [2.45, 2.75) is 84.0 Å². The van der Waals surface area contributed by atoms with Crippen LogP contribution in [0.3, 0.4) is 0 Å². The maximum Gasteiger partial charge on any atom is 0.325 e. The van der Waals surface area contributed by atoms with Gasteiger partial charge in [-0.25, -0.2) is 14.5 Å². The van der Waals surface area contributed by atoms with Crippen LogP contribution in [0.4, 0.5) is 9.59 Å². The molecular formula is C29H46N4O3. The predicted molar refractivity (Wildman–Crippen MR) is 138 cm³/mol. The van der Waals surface area contributed by atoms with E-state index in [-0.39, 0.29) is 12.1 Å². The van der Waals surface area contributed by atoms with Crippen molar-refractivity contribution in [3.05, 3.63) is 0 Å². The number of carbonyl (C=O) groups is 2. The molecule has 4 amide bonds. The number of imide groups is 1. The number of rotatable bonds is 10. The molecule has 0 aromatic rings.